The second-order valence-corrected chi connectivity index (χ2v) is 3.70. The first-order valence-electron chi connectivity index (χ1n) is 5.25. The molecule has 0 radical (unpaired) electrons. The maximum atomic E-state index is 11.7. The minimum atomic E-state index is -0.172. The van der Waals surface area contributed by atoms with E-state index in [2.05, 4.69) is 10.6 Å². The number of fused-ring (bicyclic) bond motifs is 1. The number of hydrogen-bond donors (Lipinski definition) is 2. The van der Waals surface area contributed by atoms with E-state index in [1.807, 2.05) is 24.3 Å². The predicted octanol–water partition coefficient (Wildman–Crippen LogP) is 2.68. The van der Waals surface area contributed by atoms with E-state index >= 15 is 0 Å². The highest BCUT2D eigenvalue weighted by atomic mass is 16.3. The monoisotopic (exact) mass is 226 g/mol. The molecule has 1 amide bonds. The molecule has 3 rings (SSSR count). The van der Waals surface area contributed by atoms with Crippen LogP contribution in [0.25, 0.3) is 5.70 Å². The third kappa shape index (κ3) is 1.80. The van der Waals surface area contributed by atoms with E-state index in [9.17, 15) is 4.79 Å². The minimum absolute atomic E-state index is 0.172. The lowest BCUT2D eigenvalue weighted by Crippen LogP contribution is -2.06. The average Bonchev–Trinajstić information content (AvgIpc) is 2.79. The molecule has 84 valence electrons. The molecule has 1 aromatic heterocycles. The zero-order valence-electron chi connectivity index (χ0n) is 8.94. The summed E-state index contributed by atoms with van der Waals surface area (Å²) in [4.78, 5) is 11.7. The molecule has 2 aromatic rings. The molecule has 0 saturated carbocycles. The Hall–Kier alpha value is -2.49. The van der Waals surface area contributed by atoms with E-state index in [1.54, 1.807) is 18.4 Å². The first-order valence-corrected chi connectivity index (χ1v) is 5.25. The number of benzene rings is 1. The quantitative estimate of drug-likeness (QED) is 0.786. The smallest absolute Gasteiger partial charge is 0.250 e. The molecule has 4 heteroatoms. The molecule has 1 aromatic carbocycles. The summed E-state index contributed by atoms with van der Waals surface area (Å²) >= 11 is 0. The summed E-state index contributed by atoms with van der Waals surface area (Å²) in [5.41, 5.74) is 2.26. The number of furan rings is 1. The average molecular weight is 226 g/mol. The van der Waals surface area contributed by atoms with Crippen LogP contribution in [0.15, 0.2) is 53.2 Å². The van der Waals surface area contributed by atoms with Crippen molar-refractivity contribution in [3.05, 3.63) is 54.5 Å². The number of carbonyl (C=O) groups excluding carboxylic acids is 1. The van der Waals surface area contributed by atoms with Crippen molar-refractivity contribution in [2.45, 2.75) is 0 Å². The molecule has 0 unspecified atom stereocenters. The van der Waals surface area contributed by atoms with Gasteiger partial charge in [0.2, 0.25) is 0 Å². The molecule has 0 fully saturated rings. The molecule has 4 nitrogen and oxygen atoms in total. The fourth-order valence-corrected chi connectivity index (χ4v) is 1.75. The predicted molar refractivity (Wildman–Crippen MR) is 65.4 cm³/mol. The second kappa shape index (κ2) is 3.83. The van der Waals surface area contributed by atoms with E-state index < -0.39 is 0 Å². The van der Waals surface area contributed by atoms with Crippen LogP contribution in [0, 0.1) is 0 Å². The third-order valence-corrected chi connectivity index (χ3v) is 2.52. The second-order valence-electron chi connectivity index (χ2n) is 3.70. The first-order chi connectivity index (χ1) is 8.33. The zero-order chi connectivity index (χ0) is 11.7. The van der Waals surface area contributed by atoms with E-state index in [0.717, 1.165) is 11.4 Å². The van der Waals surface area contributed by atoms with Crippen LogP contribution in [-0.2, 0) is 4.79 Å². The highest BCUT2D eigenvalue weighted by Crippen LogP contribution is 2.28. The molecule has 0 saturated heterocycles. The molecule has 0 bridgehead atoms. The summed E-state index contributed by atoms with van der Waals surface area (Å²) in [7, 11) is 0. The van der Waals surface area contributed by atoms with Gasteiger partial charge in [0.25, 0.3) is 5.91 Å². The number of carbonyl (C=O) groups is 1. The summed E-state index contributed by atoms with van der Waals surface area (Å²) in [6.45, 7) is 0. The van der Waals surface area contributed by atoms with Crippen molar-refractivity contribution < 1.29 is 9.21 Å². The maximum absolute atomic E-state index is 11.7. The number of para-hydroxylation sites is 2. The van der Waals surface area contributed by atoms with Gasteiger partial charge in [0.1, 0.15) is 5.76 Å². The zero-order valence-corrected chi connectivity index (χ0v) is 8.94. The van der Waals surface area contributed by atoms with Crippen molar-refractivity contribution in [3.8, 4) is 0 Å². The minimum Gasteiger partial charge on any atom is -0.463 e. The van der Waals surface area contributed by atoms with Gasteiger partial charge in [0, 0.05) is 6.08 Å². The Morgan fingerprint density at radius 3 is 2.41 bits per heavy atom. The van der Waals surface area contributed by atoms with Crippen LogP contribution in [-0.4, -0.2) is 5.91 Å². The van der Waals surface area contributed by atoms with Gasteiger partial charge in [-0.05, 0) is 24.3 Å². The number of hydrogen-bond acceptors (Lipinski definition) is 3. The van der Waals surface area contributed by atoms with Crippen LogP contribution >= 0.6 is 0 Å². The lowest BCUT2D eigenvalue weighted by atomic mass is 10.2. The molecule has 0 atom stereocenters. The van der Waals surface area contributed by atoms with Crippen LogP contribution < -0.4 is 10.6 Å². The summed E-state index contributed by atoms with van der Waals surface area (Å²) in [6.07, 6.45) is 3.06. The van der Waals surface area contributed by atoms with Crippen molar-refractivity contribution in [1.29, 1.82) is 0 Å². The van der Waals surface area contributed by atoms with Gasteiger partial charge in [0.15, 0.2) is 0 Å². The number of anilines is 2. The maximum Gasteiger partial charge on any atom is 0.250 e. The van der Waals surface area contributed by atoms with Crippen LogP contribution in [0.1, 0.15) is 5.76 Å². The van der Waals surface area contributed by atoms with Gasteiger partial charge in [-0.1, -0.05) is 12.1 Å². The summed E-state index contributed by atoms with van der Waals surface area (Å²) in [6, 6.07) is 11.1. The summed E-state index contributed by atoms with van der Waals surface area (Å²) in [5, 5.41) is 5.97. The topological polar surface area (TPSA) is 54.3 Å². The number of rotatable bonds is 1. The molecular weight excluding hydrogens is 216 g/mol. The highest BCUT2D eigenvalue weighted by molar-refractivity contribution is 6.09. The standard InChI is InChI=1S/C13H10N2O2/c16-13-8-11(12-6-3-7-17-12)14-9-4-1-2-5-10(9)15-13/h1-8,14H,(H,15,16). The molecule has 0 spiro atoms. The first kappa shape index (κ1) is 9.72. The molecule has 0 aliphatic carbocycles. The van der Waals surface area contributed by atoms with E-state index in [1.165, 1.54) is 6.08 Å². The van der Waals surface area contributed by atoms with Gasteiger partial charge in [-0.25, -0.2) is 0 Å². The van der Waals surface area contributed by atoms with Gasteiger partial charge in [-0.3, -0.25) is 4.79 Å². The molecule has 1 aliphatic heterocycles. The number of nitrogens with one attached hydrogen (secondary N) is 2. The van der Waals surface area contributed by atoms with Crippen LogP contribution in [0.4, 0.5) is 11.4 Å². The van der Waals surface area contributed by atoms with Crippen LogP contribution in [0.2, 0.25) is 0 Å². The van der Waals surface area contributed by atoms with Crippen LogP contribution in [0.5, 0.6) is 0 Å². The Kier molecular flexibility index (Phi) is 2.19. The lowest BCUT2D eigenvalue weighted by Gasteiger charge is -2.08. The van der Waals surface area contributed by atoms with Gasteiger partial charge in [0.05, 0.1) is 23.3 Å². The molecule has 1 aliphatic rings. The van der Waals surface area contributed by atoms with Crippen LogP contribution in [0.3, 0.4) is 0 Å². The fourth-order valence-electron chi connectivity index (χ4n) is 1.75. The SMILES string of the molecule is O=C1C=C(c2ccco2)Nc2ccccc2N1. The Labute approximate surface area is 97.9 Å². The van der Waals surface area contributed by atoms with E-state index in [0.29, 0.717) is 11.5 Å². The van der Waals surface area contributed by atoms with Gasteiger partial charge in [-0.2, -0.15) is 0 Å². The van der Waals surface area contributed by atoms with Crippen molar-refractivity contribution in [1.82, 2.24) is 0 Å². The van der Waals surface area contributed by atoms with Gasteiger partial charge < -0.3 is 15.1 Å². The van der Waals surface area contributed by atoms with Crippen molar-refractivity contribution >= 4 is 23.0 Å². The molecule has 17 heavy (non-hydrogen) atoms. The highest BCUT2D eigenvalue weighted by Gasteiger charge is 2.15. The number of amides is 1. The molecule has 2 heterocycles. The fraction of sp³-hybridized carbons (Fsp3) is 0. The lowest BCUT2D eigenvalue weighted by molar-refractivity contribution is -0.111. The Balaban J connectivity index is 2.06. The van der Waals surface area contributed by atoms with Gasteiger partial charge in [-0.15, -0.1) is 0 Å². The molecular formula is C13H10N2O2. The van der Waals surface area contributed by atoms with Crippen molar-refractivity contribution in [2.24, 2.45) is 0 Å². The summed E-state index contributed by atoms with van der Waals surface area (Å²) in [5.74, 6) is 0.464. The largest absolute Gasteiger partial charge is 0.463 e. The molecule has 2 N–H and O–H groups in total. The Morgan fingerprint density at radius 2 is 1.71 bits per heavy atom. The van der Waals surface area contributed by atoms with Crippen molar-refractivity contribution in [3.63, 3.8) is 0 Å². The van der Waals surface area contributed by atoms with Crippen molar-refractivity contribution in [2.75, 3.05) is 10.6 Å². The third-order valence-electron chi connectivity index (χ3n) is 2.52. The Morgan fingerprint density at radius 1 is 0.941 bits per heavy atom. The Bertz CT molecular complexity index is 585. The summed E-state index contributed by atoms with van der Waals surface area (Å²) < 4.78 is 5.28. The van der Waals surface area contributed by atoms with E-state index in [4.69, 9.17) is 4.42 Å². The van der Waals surface area contributed by atoms with Gasteiger partial charge >= 0.3 is 0 Å². The van der Waals surface area contributed by atoms with E-state index in [-0.39, 0.29) is 5.91 Å². The normalized spacial score (nSPS) is 14.1.